The number of nitrogens with zero attached hydrogens (tertiary/aromatic N) is 2. The van der Waals surface area contributed by atoms with Gasteiger partial charge < -0.3 is 14.8 Å². The molecule has 40 heavy (non-hydrogen) atoms. The van der Waals surface area contributed by atoms with E-state index in [1.807, 2.05) is 79.7 Å². The van der Waals surface area contributed by atoms with Crippen molar-refractivity contribution in [3.8, 4) is 11.5 Å². The normalized spacial score (nSPS) is 14.2. The summed E-state index contributed by atoms with van der Waals surface area (Å²) in [5, 5.41) is 16.6. The molecule has 1 aliphatic rings. The van der Waals surface area contributed by atoms with Crippen molar-refractivity contribution in [1.82, 2.24) is 9.78 Å². The molecule has 5 rings (SSSR count). The monoisotopic (exact) mass is 539 g/mol. The number of carbonyl (C=O) groups excluding carboxylic acids is 1. The van der Waals surface area contributed by atoms with Crippen LogP contribution in [0.25, 0.3) is 11.5 Å². The van der Waals surface area contributed by atoms with Crippen LogP contribution in [0.1, 0.15) is 60.3 Å². The largest absolute Gasteiger partial charge is 0.481 e. The van der Waals surface area contributed by atoms with E-state index in [0.717, 1.165) is 53.5 Å². The predicted molar refractivity (Wildman–Crippen MR) is 152 cm³/mol. The summed E-state index contributed by atoms with van der Waals surface area (Å²) in [4.78, 5) is 37.2. The molecule has 0 spiro atoms. The Balaban J connectivity index is 1.34. The van der Waals surface area contributed by atoms with E-state index in [-0.39, 0.29) is 36.6 Å². The highest BCUT2D eigenvalue weighted by Crippen LogP contribution is 2.38. The summed E-state index contributed by atoms with van der Waals surface area (Å²) >= 11 is 0. The average molecular weight is 540 g/mol. The van der Waals surface area contributed by atoms with E-state index in [0.29, 0.717) is 12.1 Å². The molecular weight excluding hydrogens is 506 g/mol. The fraction of sp³-hybridized carbons (Fsp3) is 0.312. The highest BCUT2D eigenvalue weighted by atomic mass is 16.4. The van der Waals surface area contributed by atoms with E-state index in [4.69, 9.17) is 9.52 Å². The number of benzene rings is 3. The zero-order valence-corrected chi connectivity index (χ0v) is 22.5. The van der Waals surface area contributed by atoms with Crippen molar-refractivity contribution in [1.29, 1.82) is 0 Å². The maximum Gasteiger partial charge on any atom is 0.437 e. The molecule has 2 N–H and O–H groups in total. The minimum absolute atomic E-state index is 0.0450. The molecule has 1 fully saturated rings. The zero-order valence-electron chi connectivity index (χ0n) is 22.5. The first kappa shape index (κ1) is 27.1. The second-order valence-electron chi connectivity index (χ2n) is 10.4. The Morgan fingerprint density at radius 1 is 1.02 bits per heavy atom. The van der Waals surface area contributed by atoms with Crippen molar-refractivity contribution >= 4 is 17.6 Å². The third-order valence-corrected chi connectivity index (χ3v) is 7.76. The first-order valence-corrected chi connectivity index (χ1v) is 13.7. The molecular formula is C32H33N3O5. The van der Waals surface area contributed by atoms with E-state index in [1.54, 1.807) is 0 Å². The molecule has 0 bridgehead atoms. The van der Waals surface area contributed by atoms with Crippen LogP contribution >= 0.6 is 0 Å². The van der Waals surface area contributed by atoms with E-state index in [2.05, 4.69) is 10.4 Å². The highest BCUT2D eigenvalue weighted by molar-refractivity contribution is 5.97. The predicted octanol–water partition coefficient (Wildman–Crippen LogP) is 5.79. The highest BCUT2D eigenvalue weighted by Gasteiger charge is 2.32. The van der Waals surface area contributed by atoms with Gasteiger partial charge in [-0.15, -0.1) is 5.10 Å². The van der Waals surface area contributed by atoms with Gasteiger partial charge in [0.15, 0.2) is 0 Å². The molecule has 3 aromatic carbocycles. The second kappa shape index (κ2) is 12.2. The van der Waals surface area contributed by atoms with Gasteiger partial charge in [0.05, 0.1) is 12.5 Å². The zero-order chi connectivity index (χ0) is 28.1. The van der Waals surface area contributed by atoms with Crippen LogP contribution in [0.2, 0.25) is 0 Å². The van der Waals surface area contributed by atoms with Crippen molar-refractivity contribution < 1.29 is 19.1 Å². The smallest absolute Gasteiger partial charge is 0.437 e. The summed E-state index contributed by atoms with van der Waals surface area (Å²) in [5.41, 5.74) is 5.08. The van der Waals surface area contributed by atoms with Gasteiger partial charge in [-0.2, -0.15) is 4.68 Å². The molecule has 1 unspecified atom stereocenters. The van der Waals surface area contributed by atoms with E-state index >= 15 is 0 Å². The topological polar surface area (TPSA) is 114 Å². The number of carboxylic acids is 1. The van der Waals surface area contributed by atoms with E-state index in [9.17, 15) is 14.4 Å². The average Bonchev–Trinajstić information content (AvgIpc) is 3.61. The number of hydrogen-bond acceptors (Lipinski definition) is 5. The molecule has 0 radical (unpaired) electrons. The lowest BCUT2D eigenvalue weighted by Crippen LogP contribution is -2.27. The van der Waals surface area contributed by atoms with Crippen LogP contribution in [0, 0.1) is 12.8 Å². The first-order chi connectivity index (χ1) is 19.4. The quantitative estimate of drug-likeness (QED) is 0.264. The van der Waals surface area contributed by atoms with Crippen LogP contribution in [-0.2, 0) is 22.6 Å². The number of hydrogen-bond donors (Lipinski definition) is 2. The summed E-state index contributed by atoms with van der Waals surface area (Å²) in [6.07, 6.45) is 4.66. The number of nitrogens with one attached hydrogen (secondary N) is 1. The third-order valence-electron chi connectivity index (χ3n) is 7.76. The summed E-state index contributed by atoms with van der Waals surface area (Å²) in [7, 11) is 0. The number of carboxylic acid groups (broad SMARTS) is 1. The molecule has 0 saturated heterocycles. The van der Waals surface area contributed by atoms with Crippen molar-refractivity contribution in [3.63, 3.8) is 0 Å². The molecule has 1 amide bonds. The second-order valence-corrected chi connectivity index (χ2v) is 10.4. The fourth-order valence-corrected chi connectivity index (χ4v) is 5.58. The summed E-state index contributed by atoms with van der Waals surface area (Å²) in [6, 6.07) is 22.7. The number of amides is 1. The molecule has 8 nitrogen and oxygen atoms in total. The van der Waals surface area contributed by atoms with Crippen molar-refractivity contribution in [3.05, 3.63) is 106 Å². The SMILES string of the molecule is Cc1c(CCC(=O)O)cccc1NC(=O)C(c1ccc(Cn2nc(-c3ccccc3)oc2=O)cc1)C1CCCC1. The maximum absolute atomic E-state index is 13.7. The lowest BCUT2D eigenvalue weighted by Gasteiger charge is -2.24. The lowest BCUT2D eigenvalue weighted by atomic mass is 9.83. The third kappa shape index (κ3) is 6.22. The van der Waals surface area contributed by atoms with Crippen LogP contribution in [0.5, 0.6) is 0 Å². The molecule has 206 valence electrons. The summed E-state index contributed by atoms with van der Waals surface area (Å²) < 4.78 is 6.65. The Morgan fingerprint density at radius 3 is 2.45 bits per heavy atom. The Kier molecular flexibility index (Phi) is 8.24. The van der Waals surface area contributed by atoms with Gasteiger partial charge in [0.1, 0.15) is 0 Å². The van der Waals surface area contributed by atoms with Crippen LogP contribution in [0.15, 0.2) is 82.0 Å². The number of aryl methyl sites for hydroxylation is 1. The lowest BCUT2D eigenvalue weighted by molar-refractivity contribution is -0.137. The van der Waals surface area contributed by atoms with Crippen LogP contribution in [-0.4, -0.2) is 26.8 Å². The first-order valence-electron chi connectivity index (χ1n) is 13.7. The Labute approximate surface area is 232 Å². The molecule has 1 heterocycles. The number of carbonyl (C=O) groups is 2. The van der Waals surface area contributed by atoms with Gasteiger partial charge in [-0.05, 0) is 72.6 Å². The van der Waals surface area contributed by atoms with Crippen molar-refractivity contribution in [2.24, 2.45) is 5.92 Å². The fourth-order valence-electron chi connectivity index (χ4n) is 5.58. The van der Waals surface area contributed by atoms with E-state index < -0.39 is 11.7 Å². The molecule has 4 aromatic rings. The van der Waals surface area contributed by atoms with Crippen molar-refractivity contribution in [2.45, 2.75) is 57.9 Å². The molecule has 1 aromatic heterocycles. The molecule has 1 saturated carbocycles. The summed E-state index contributed by atoms with van der Waals surface area (Å²) in [6.45, 7) is 2.18. The van der Waals surface area contributed by atoms with Crippen LogP contribution < -0.4 is 11.1 Å². The van der Waals surface area contributed by atoms with Gasteiger partial charge >= 0.3 is 11.7 Å². The Hall–Kier alpha value is -4.46. The number of anilines is 1. The van der Waals surface area contributed by atoms with Crippen LogP contribution in [0.4, 0.5) is 5.69 Å². The van der Waals surface area contributed by atoms with Gasteiger partial charge in [0, 0.05) is 17.7 Å². The van der Waals surface area contributed by atoms with Gasteiger partial charge in [0.25, 0.3) is 0 Å². The Bertz CT molecular complexity index is 1530. The number of aliphatic carboxylic acids is 1. The maximum atomic E-state index is 13.7. The van der Waals surface area contributed by atoms with Gasteiger partial charge in [0.2, 0.25) is 11.8 Å². The van der Waals surface area contributed by atoms with Crippen LogP contribution in [0.3, 0.4) is 0 Å². The van der Waals surface area contributed by atoms with Crippen molar-refractivity contribution in [2.75, 3.05) is 5.32 Å². The van der Waals surface area contributed by atoms with Gasteiger partial charge in [-0.1, -0.05) is 67.4 Å². The van der Waals surface area contributed by atoms with Gasteiger partial charge in [-0.3, -0.25) is 9.59 Å². The minimum atomic E-state index is -0.844. The van der Waals surface area contributed by atoms with E-state index in [1.165, 1.54) is 4.68 Å². The minimum Gasteiger partial charge on any atom is -0.481 e. The molecule has 8 heteroatoms. The molecule has 1 atom stereocenters. The molecule has 1 aliphatic carbocycles. The Morgan fingerprint density at radius 2 is 1.75 bits per heavy atom. The summed E-state index contributed by atoms with van der Waals surface area (Å²) in [5.74, 6) is -1.21. The number of rotatable bonds is 10. The standard InChI is InChI=1S/C32H33N3O5/c1-21-23(18-19-28(36)37)12-7-13-27(21)33-30(38)29(24-8-5-6-9-24)25-16-14-22(15-17-25)20-35-32(39)40-31(34-35)26-10-3-2-4-11-26/h2-4,7,10-17,24,29H,5-6,8-9,18-20H2,1H3,(H,33,38)(H,36,37). The number of aromatic nitrogens is 2. The molecule has 0 aliphatic heterocycles. The van der Waals surface area contributed by atoms with Gasteiger partial charge in [-0.25, -0.2) is 4.79 Å².